The number of halogens is 1. The maximum absolute atomic E-state index is 13.3. The summed E-state index contributed by atoms with van der Waals surface area (Å²) in [6.45, 7) is 1.90. The van der Waals surface area contributed by atoms with Crippen LogP contribution >= 0.6 is 0 Å². The molecule has 96 valence electrons. The second kappa shape index (κ2) is 4.19. The van der Waals surface area contributed by atoms with E-state index in [4.69, 9.17) is 0 Å². The Balaban J connectivity index is 2.01. The van der Waals surface area contributed by atoms with Crippen molar-refractivity contribution in [2.75, 3.05) is 5.32 Å². The highest BCUT2D eigenvalue weighted by Gasteiger charge is 2.42. The van der Waals surface area contributed by atoms with E-state index in [0.29, 0.717) is 6.42 Å². The third kappa shape index (κ3) is 1.91. The minimum atomic E-state index is -0.635. The fourth-order valence-corrected chi connectivity index (χ4v) is 2.69. The van der Waals surface area contributed by atoms with E-state index in [0.717, 1.165) is 16.8 Å². The number of nitrogens with one attached hydrogen (secondary N) is 1. The number of carbonyl (C=O) groups is 1. The van der Waals surface area contributed by atoms with Gasteiger partial charge in [-0.1, -0.05) is 30.3 Å². The van der Waals surface area contributed by atoms with Crippen molar-refractivity contribution in [3.8, 4) is 0 Å². The highest BCUT2D eigenvalue weighted by atomic mass is 19.1. The molecule has 0 saturated heterocycles. The lowest BCUT2D eigenvalue weighted by molar-refractivity contribution is -0.120. The van der Waals surface area contributed by atoms with Gasteiger partial charge >= 0.3 is 0 Å². The van der Waals surface area contributed by atoms with Gasteiger partial charge in [-0.15, -0.1) is 0 Å². The Bertz CT molecular complexity index is 653. The van der Waals surface area contributed by atoms with E-state index >= 15 is 0 Å². The first kappa shape index (κ1) is 11.9. The third-order valence-corrected chi connectivity index (χ3v) is 3.72. The zero-order valence-electron chi connectivity index (χ0n) is 10.6. The lowest BCUT2D eigenvalue weighted by atomic mass is 9.78. The van der Waals surface area contributed by atoms with Crippen LogP contribution in [-0.4, -0.2) is 5.91 Å². The summed E-state index contributed by atoms with van der Waals surface area (Å²) in [4.78, 5) is 12.2. The first-order valence-corrected chi connectivity index (χ1v) is 6.25. The minimum absolute atomic E-state index is 0.0297. The molecule has 0 saturated carbocycles. The number of anilines is 1. The van der Waals surface area contributed by atoms with Crippen molar-refractivity contribution in [3.63, 3.8) is 0 Å². The average molecular weight is 255 g/mol. The topological polar surface area (TPSA) is 29.1 Å². The first-order valence-electron chi connectivity index (χ1n) is 6.25. The number of hydrogen-bond acceptors (Lipinski definition) is 1. The molecule has 0 aliphatic carbocycles. The van der Waals surface area contributed by atoms with E-state index in [2.05, 4.69) is 5.32 Å². The Kier molecular flexibility index (Phi) is 2.63. The molecule has 0 aromatic heterocycles. The Morgan fingerprint density at radius 3 is 2.74 bits per heavy atom. The molecule has 2 aromatic rings. The van der Waals surface area contributed by atoms with Crippen molar-refractivity contribution in [1.82, 2.24) is 0 Å². The molecule has 2 nitrogen and oxygen atoms in total. The Labute approximate surface area is 111 Å². The van der Waals surface area contributed by atoms with Gasteiger partial charge in [0.1, 0.15) is 5.82 Å². The molecule has 1 atom stereocenters. The normalized spacial score (nSPS) is 21.1. The molecule has 0 fully saturated rings. The van der Waals surface area contributed by atoms with Crippen LogP contribution in [0.2, 0.25) is 0 Å². The molecule has 1 N–H and O–H groups in total. The van der Waals surface area contributed by atoms with Gasteiger partial charge in [0.2, 0.25) is 5.91 Å². The van der Waals surface area contributed by atoms with Crippen molar-refractivity contribution < 1.29 is 9.18 Å². The molecule has 1 unspecified atom stereocenters. The number of hydrogen-bond donors (Lipinski definition) is 1. The summed E-state index contributed by atoms with van der Waals surface area (Å²) in [5.74, 6) is -0.300. The Morgan fingerprint density at radius 1 is 1.16 bits per heavy atom. The van der Waals surface area contributed by atoms with Crippen LogP contribution in [0.25, 0.3) is 0 Å². The van der Waals surface area contributed by atoms with Gasteiger partial charge in [0, 0.05) is 5.69 Å². The van der Waals surface area contributed by atoms with E-state index in [-0.39, 0.29) is 11.7 Å². The van der Waals surface area contributed by atoms with Crippen LogP contribution < -0.4 is 5.32 Å². The lowest BCUT2D eigenvalue weighted by Crippen LogP contribution is -2.33. The zero-order valence-corrected chi connectivity index (χ0v) is 10.6. The number of rotatable bonds is 2. The van der Waals surface area contributed by atoms with Gasteiger partial charge in [-0.3, -0.25) is 4.79 Å². The van der Waals surface area contributed by atoms with Gasteiger partial charge in [0.05, 0.1) is 5.41 Å². The van der Waals surface area contributed by atoms with Crippen LogP contribution in [0.5, 0.6) is 0 Å². The molecule has 0 spiro atoms. The van der Waals surface area contributed by atoms with Crippen molar-refractivity contribution in [2.45, 2.75) is 18.8 Å². The third-order valence-electron chi connectivity index (χ3n) is 3.72. The van der Waals surface area contributed by atoms with Crippen molar-refractivity contribution >= 4 is 11.6 Å². The smallest absolute Gasteiger partial charge is 0.235 e. The fourth-order valence-electron chi connectivity index (χ4n) is 2.69. The highest BCUT2D eigenvalue weighted by Crippen LogP contribution is 2.39. The first-order chi connectivity index (χ1) is 9.09. The molecule has 0 radical (unpaired) electrons. The number of para-hydroxylation sites is 1. The van der Waals surface area contributed by atoms with Crippen LogP contribution in [0.4, 0.5) is 10.1 Å². The van der Waals surface area contributed by atoms with Gasteiger partial charge in [-0.05, 0) is 42.7 Å². The summed E-state index contributed by atoms with van der Waals surface area (Å²) in [6, 6.07) is 14.1. The van der Waals surface area contributed by atoms with Crippen LogP contribution in [0.15, 0.2) is 48.5 Å². The average Bonchev–Trinajstić information content (AvgIpc) is 2.62. The maximum Gasteiger partial charge on any atom is 0.235 e. The van der Waals surface area contributed by atoms with Gasteiger partial charge in [-0.2, -0.15) is 0 Å². The van der Waals surface area contributed by atoms with Gasteiger partial charge in [-0.25, -0.2) is 4.39 Å². The quantitative estimate of drug-likeness (QED) is 0.876. The van der Waals surface area contributed by atoms with Crippen LogP contribution in [0.1, 0.15) is 18.1 Å². The summed E-state index contributed by atoms with van der Waals surface area (Å²) >= 11 is 0. The van der Waals surface area contributed by atoms with Gasteiger partial charge in [0.25, 0.3) is 0 Å². The molecule has 3 heteroatoms. The van der Waals surface area contributed by atoms with Crippen LogP contribution in [0, 0.1) is 5.82 Å². The molecule has 2 aromatic carbocycles. The SMILES string of the molecule is CC1(Cc2cccc(F)c2)C(=O)Nc2ccccc21. The van der Waals surface area contributed by atoms with Crippen molar-refractivity contribution in [3.05, 3.63) is 65.5 Å². The zero-order chi connectivity index (χ0) is 13.5. The largest absolute Gasteiger partial charge is 0.325 e. The van der Waals surface area contributed by atoms with E-state index in [1.54, 1.807) is 6.07 Å². The van der Waals surface area contributed by atoms with Gasteiger partial charge in [0.15, 0.2) is 0 Å². The summed E-state index contributed by atoms with van der Waals surface area (Å²) in [5, 5.41) is 2.89. The number of benzene rings is 2. The monoisotopic (exact) mass is 255 g/mol. The van der Waals surface area contributed by atoms with Gasteiger partial charge < -0.3 is 5.32 Å². The molecule has 1 aliphatic heterocycles. The highest BCUT2D eigenvalue weighted by molar-refractivity contribution is 6.06. The molecule has 0 bridgehead atoms. The second-order valence-corrected chi connectivity index (χ2v) is 5.14. The molecule has 1 amide bonds. The molecule has 1 heterocycles. The second-order valence-electron chi connectivity index (χ2n) is 5.14. The fraction of sp³-hybridized carbons (Fsp3) is 0.188. The molecular weight excluding hydrogens is 241 g/mol. The number of amides is 1. The summed E-state index contributed by atoms with van der Waals surface area (Å²) in [5.41, 5.74) is 2.02. The molecule has 19 heavy (non-hydrogen) atoms. The Hall–Kier alpha value is -2.16. The van der Waals surface area contributed by atoms with Crippen LogP contribution in [0.3, 0.4) is 0 Å². The molecular formula is C16H14FNO. The summed E-state index contributed by atoms with van der Waals surface area (Å²) in [7, 11) is 0. The summed E-state index contributed by atoms with van der Waals surface area (Å²) < 4.78 is 13.3. The van der Waals surface area contributed by atoms with Crippen LogP contribution in [-0.2, 0) is 16.6 Å². The van der Waals surface area contributed by atoms with E-state index in [1.165, 1.54) is 12.1 Å². The predicted octanol–water partition coefficient (Wildman–Crippen LogP) is 3.28. The standard InChI is InChI=1S/C16H14FNO/c1-16(10-11-5-4-6-12(17)9-11)13-7-2-3-8-14(13)18-15(16)19/h2-9H,10H2,1H3,(H,18,19). The van der Waals surface area contributed by atoms with Crippen molar-refractivity contribution in [1.29, 1.82) is 0 Å². The number of carbonyl (C=O) groups excluding carboxylic acids is 1. The summed E-state index contributed by atoms with van der Waals surface area (Å²) in [6.07, 6.45) is 0.494. The minimum Gasteiger partial charge on any atom is -0.325 e. The van der Waals surface area contributed by atoms with E-state index < -0.39 is 5.41 Å². The maximum atomic E-state index is 13.3. The Morgan fingerprint density at radius 2 is 1.95 bits per heavy atom. The van der Waals surface area contributed by atoms with E-state index in [9.17, 15) is 9.18 Å². The number of fused-ring (bicyclic) bond motifs is 1. The van der Waals surface area contributed by atoms with Crippen molar-refractivity contribution in [2.24, 2.45) is 0 Å². The van der Waals surface area contributed by atoms with E-state index in [1.807, 2.05) is 37.3 Å². The lowest BCUT2D eigenvalue weighted by Gasteiger charge is -2.22. The molecule has 3 rings (SSSR count). The predicted molar refractivity (Wildman–Crippen MR) is 72.5 cm³/mol. The molecule has 1 aliphatic rings.